The molecule has 1 aromatic rings. The van der Waals surface area contributed by atoms with Crippen LogP contribution in [0.2, 0.25) is 0 Å². The third kappa shape index (κ3) is 4.56. The fourth-order valence-electron chi connectivity index (χ4n) is 1.74. The maximum absolute atomic E-state index is 5.22. The molecule has 0 spiro atoms. The van der Waals surface area contributed by atoms with Crippen LogP contribution >= 0.6 is 15.9 Å². The van der Waals surface area contributed by atoms with Crippen molar-refractivity contribution in [3.05, 3.63) is 29.8 Å². The van der Waals surface area contributed by atoms with E-state index >= 15 is 0 Å². The molecule has 1 aromatic carbocycles. The third-order valence-corrected chi connectivity index (χ3v) is 3.64. The van der Waals surface area contributed by atoms with Crippen LogP contribution in [-0.2, 0) is 6.42 Å². The summed E-state index contributed by atoms with van der Waals surface area (Å²) in [6.07, 6.45) is 3.55. The Labute approximate surface area is 107 Å². The van der Waals surface area contributed by atoms with Crippen LogP contribution in [0.25, 0.3) is 0 Å². The molecule has 0 aliphatic rings. The van der Waals surface area contributed by atoms with Crippen LogP contribution in [0.3, 0.4) is 0 Å². The smallest absolute Gasteiger partial charge is 0.119 e. The normalized spacial score (nSPS) is 14.5. The number of methoxy groups -OCH3 is 1. The monoisotopic (exact) mass is 284 g/mol. The molecule has 0 radical (unpaired) electrons. The zero-order valence-corrected chi connectivity index (χ0v) is 12.0. The van der Waals surface area contributed by atoms with E-state index in [0.29, 0.717) is 4.83 Å². The summed E-state index contributed by atoms with van der Waals surface area (Å²) in [4.78, 5) is 0.564. The molecule has 90 valence electrons. The van der Waals surface area contributed by atoms with Crippen molar-refractivity contribution in [1.82, 2.24) is 0 Å². The number of benzene rings is 1. The van der Waals surface area contributed by atoms with Crippen molar-refractivity contribution in [2.45, 2.75) is 37.9 Å². The average molecular weight is 285 g/mol. The summed E-state index contributed by atoms with van der Waals surface area (Å²) in [5, 5.41) is 0. The first-order valence-corrected chi connectivity index (χ1v) is 6.84. The van der Waals surface area contributed by atoms with E-state index in [9.17, 15) is 0 Å². The van der Waals surface area contributed by atoms with Gasteiger partial charge in [-0.25, -0.2) is 0 Å². The lowest BCUT2D eigenvalue weighted by atomic mass is 9.99. The molecule has 1 nitrogen and oxygen atoms in total. The molecule has 0 N–H and O–H groups in total. The highest BCUT2D eigenvalue weighted by atomic mass is 79.9. The van der Waals surface area contributed by atoms with E-state index in [-0.39, 0.29) is 0 Å². The molecule has 0 aliphatic heterocycles. The van der Waals surface area contributed by atoms with Gasteiger partial charge in [0, 0.05) is 4.83 Å². The molecule has 1 rings (SSSR count). The standard InChI is InChI=1S/C14H21BrO/c1-4-11(2)8-13(15)9-12-6-5-7-14(10-12)16-3/h5-7,10-11,13H,4,8-9H2,1-3H3. The van der Waals surface area contributed by atoms with Crippen LogP contribution in [0.4, 0.5) is 0 Å². The van der Waals surface area contributed by atoms with Crippen molar-refractivity contribution >= 4 is 15.9 Å². The number of rotatable bonds is 6. The molecule has 0 amide bonds. The maximum Gasteiger partial charge on any atom is 0.119 e. The zero-order chi connectivity index (χ0) is 12.0. The van der Waals surface area contributed by atoms with E-state index in [4.69, 9.17) is 4.74 Å². The Morgan fingerprint density at radius 1 is 1.38 bits per heavy atom. The first-order valence-electron chi connectivity index (χ1n) is 5.92. The fraction of sp³-hybridized carbons (Fsp3) is 0.571. The fourth-order valence-corrected chi connectivity index (χ4v) is 2.75. The van der Waals surface area contributed by atoms with Crippen LogP contribution in [0.5, 0.6) is 5.75 Å². The van der Waals surface area contributed by atoms with E-state index in [1.54, 1.807) is 7.11 Å². The molecule has 16 heavy (non-hydrogen) atoms. The molecule has 2 atom stereocenters. The number of halogens is 1. The lowest BCUT2D eigenvalue weighted by Gasteiger charge is -2.14. The van der Waals surface area contributed by atoms with Gasteiger partial charge in [-0.15, -0.1) is 0 Å². The summed E-state index contributed by atoms with van der Waals surface area (Å²) in [7, 11) is 1.71. The van der Waals surface area contributed by atoms with Gasteiger partial charge in [-0.1, -0.05) is 48.3 Å². The summed E-state index contributed by atoms with van der Waals surface area (Å²) in [5.41, 5.74) is 1.34. The Bertz CT molecular complexity index is 311. The van der Waals surface area contributed by atoms with Gasteiger partial charge in [-0.2, -0.15) is 0 Å². The van der Waals surface area contributed by atoms with Crippen molar-refractivity contribution in [3.63, 3.8) is 0 Å². The average Bonchev–Trinajstić information content (AvgIpc) is 2.28. The van der Waals surface area contributed by atoms with E-state index in [0.717, 1.165) is 18.1 Å². The Balaban J connectivity index is 2.51. The predicted octanol–water partition coefficient (Wildman–Crippen LogP) is 4.44. The molecular weight excluding hydrogens is 264 g/mol. The van der Waals surface area contributed by atoms with Gasteiger partial charge in [-0.05, 0) is 36.5 Å². The van der Waals surface area contributed by atoms with Crippen LogP contribution in [0.15, 0.2) is 24.3 Å². The van der Waals surface area contributed by atoms with Crippen molar-refractivity contribution in [2.75, 3.05) is 7.11 Å². The summed E-state index contributed by atoms with van der Waals surface area (Å²) in [5.74, 6) is 1.73. The predicted molar refractivity (Wildman–Crippen MR) is 73.5 cm³/mol. The van der Waals surface area contributed by atoms with Crippen molar-refractivity contribution in [2.24, 2.45) is 5.92 Å². The number of hydrogen-bond donors (Lipinski definition) is 0. The minimum Gasteiger partial charge on any atom is -0.497 e. The molecule has 0 aliphatic carbocycles. The highest BCUT2D eigenvalue weighted by Gasteiger charge is 2.10. The van der Waals surface area contributed by atoms with Crippen LogP contribution in [0, 0.1) is 5.92 Å². The summed E-state index contributed by atoms with van der Waals surface area (Å²) in [6, 6.07) is 8.32. The van der Waals surface area contributed by atoms with E-state index in [1.807, 2.05) is 6.07 Å². The first-order chi connectivity index (χ1) is 7.65. The minimum atomic E-state index is 0.564. The molecule has 2 unspecified atom stereocenters. The van der Waals surface area contributed by atoms with Crippen molar-refractivity contribution in [1.29, 1.82) is 0 Å². The Kier molecular flexibility index (Phi) is 5.89. The number of ether oxygens (including phenoxy) is 1. The SMILES string of the molecule is CCC(C)CC(Br)Cc1cccc(OC)c1. The van der Waals surface area contributed by atoms with E-state index in [2.05, 4.69) is 48.0 Å². The second-order valence-corrected chi connectivity index (χ2v) is 5.70. The van der Waals surface area contributed by atoms with Gasteiger partial charge in [0.2, 0.25) is 0 Å². The molecule has 0 saturated carbocycles. The highest BCUT2D eigenvalue weighted by molar-refractivity contribution is 9.09. The maximum atomic E-state index is 5.22. The van der Waals surface area contributed by atoms with Gasteiger partial charge in [0.1, 0.15) is 5.75 Å². The second-order valence-electron chi connectivity index (χ2n) is 4.40. The van der Waals surface area contributed by atoms with Crippen molar-refractivity contribution < 1.29 is 4.74 Å². The van der Waals surface area contributed by atoms with E-state index < -0.39 is 0 Å². The highest BCUT2D eigenvalue weighted by Crippen LogP contribution is 2.21. The van der Waals surface area contributed by atoms with Crippen LogP contribution in [-0.4, -0.2) is 11.9 Å². The van der Waals surface area contributed by atoms with Gasteiger partial charge < -0.3 is 4.74 Å². The van der Waals surface area contributed by atoms with Crippen LogP contribution in [0.1, 0.15) is 32.3 Å². The lowest BCUT2D eigenvalue weighted by Crippen LogP contribution is -2.08. The Morgan fingerprint density at radius 2 is 2.12 bits per heavy atom. The van der Waals surface area contributed by atoms with Gasteiger partial charge in [0.15, 0.2) is 0 Å². The quantitative estimate of drug-likeness (QED) is 0.702. The summed E-state index contributed by atoms with van der Waals surface area (Å²) >= 11 is 3.76. The topological polar surface area (TPSA) is 9.23 Å². The van der Waals surface area contributed by atoms with Crippen LogP contribution < -0.4 is 4.74 Å². The molecule has 0 heterocycles. The van der Waals surface area contributed by atoms with Gasteiger partial charge in [-0.3, -0.25) is 0 Å². The number of alkyl halides is 1. The molecule has 0 aromatic heterocycles. The Hall–Kier alpha value is -0.500. The molecule has 0 saturated heterocycles. The van der Waals surface area contributed by atoms with Gasteiger partial charge >= 0.3 is 0 Å². The van der Waals surface area contributed by atoms with Crippen molar-refractivity contribution in [3.8, 4) is 5.75 Å². The minimum absolute atomic E-state index is 0.564. The molecule has 0 fully saturated rings. The second kappa shape index (κ2) is 6.95. The molecule has 2 heteroatoms. The number of hydrogen-bond acceptors (Lipinski definition) is 1. The lowest BCUT2D eigenvalue weighted by molar-refractivity contribution is 0.414. The van der Waals surface area contributed by atoms with E-state index in [1.165, 1.54) is 18.4 Å². The summed E-state index contributed by atoms with van der Waals surface area (Å²) < 4.78 is 5.22. The zero-order valence-electron chi connectivity index (χ0n) is 10.4. The third-order valence-electron chi connectivity index (χ3n) is 2.95. The van der Waals surface area contributed by atoms with Gasteiger partial charge in [0.25, 0.3) is 0 Å². The first kappa shape index (κ1) is 13.6. The summed E-state index contributed by atoms with van der Waals surface area (Å²) in [6.45, 7) is 4.55. The van der Waals surface area contributed by atoms with Gasteiger partial charge in [0.05, 0.1) is 7.11 Å². The molecule has 0 bridgehead atoms. The molecular formula is C14H21BrO. The Morgan fingerprint density at radius 3 is 2.75 bits per heavy atom. The largest absolute Gasteiger partial charge is 0.497 e.